The summed E-state index contributed by atoms with van der Waals surface area (Å²) in [6.45, 7) is 6.42. The highest BCUT2D eigenvalue weighted by molar-refractivity contribution is 6.30. The minimum atomic E-state index is 0.240. The molecule has 2 aromatic rings. The van der Waals surface area contributed by atoms with Gasteiger partial charge in [-0.25, -0.2) is 0 Å². The highest BCUT2D eigenvalue weighted by Gasteiger charge is 2.21. The van der Waals surface area contributed by atoms with Crippen molar-refractivity contribution in [1.29, 1.82) is 0 Å². The number of carbonyl (C=O) groups is 1. The van der Waals surface area contributed by atoms with E-state index in [4.69, 9.17) is 23.2 Å². The van der Waals surface area contributed by atoms with E-state index in [-0.39, 0.29) is 5.78 Å². The molecule has 3 nitrogen and oxygen atoms in total. The molecule has 0 atom stereocenters. The summed E-state index contributed by atoms with van der Waals surface area (Å²) >= 11 is 11.4. The van der Waals surface area contributed by atoms with Gasteiger partial charge in [0.2, 0.25) is 0 Å². The van der Waals surface area contributed by atoms with Crippen LogP contribution in [0.4, 0.5) is 0 Å². The van der Waals surface area contributed by atoms with Gasteiger partial charge in [0.1, 0.15) is 0 Å². The zero-order chi connectivity index (χ0) is 20.1. The largest absolute Gasteiger partial charge is 0.320 e. The van der Waals surface area contributed by atoms with E-state index in [0.717, 1.165) is 47.2 Å². The monoisotopic (exact) mass is 418 g/mol. The van der Waals surface area contributed by atoms with Crippen LogP contribution in [-0.4, -0.2) is 34.9 Å². The molecule has 0 amide bonds. The molecule has 3 heterocycles. The van der Waals surface area contributed by atoms with Crippen molar-refractivity contribution in [3.05, 3.63) is 63.4 Å². The Morgan fingerprint density at radius 2 is 1.86 bits per heavy atom. The number of aryl methyl sites for hydroxylation is 2. The van der Waals surface area contributed by atoms with Gasteiger partial charge in [-0.15, -0.1) is 0 Å². The molecule has 150 valence electrons. The maximum absolute atomic E-state index is 12.6. The van der Waals surface area contributed by atoms with Crippen LogP contribution in [0.2, 0.25) is 5.02 Å². The predicted octanol–water partition coefficient (Wildman–Crippen LogP) is 6.05. The maximum Gasteiger partial charge on any atom is 0.178 e. The van der Waals surface area contributed by atoms with Crippen molar-refractivity contribution in [3.8, 4) is 5.69 Å². The van der Waals surface area contributed by atoms with Crippen LogP contribution < -0.4 is 0 Å². The molecule has 5 heteroatoms. The number of fused-ring (bicyclic) bond motifs is 3. The number of hydrogen-bond donors (Lipinski definition) is 0. The third kappa shape index (κ3) is 5.28. The molecule has 0 radical (unpaired) electrons. The SMILES string of the molecule is C/C=C(\C)Cl.O=C(CN1CCCCC1)c1cc2n(c1)-c1ccc(Cl)cc1CC2. The topological polar surface area (TPSA) is 25.2 Å². The van der Waals surface area contributed by atoms with E-state index in [1.165, 1.54) is 30.5 Å². The molecule has 4 rings (SSSR count). The van der Waals surface area contributed by atoms with Gasteiger partial charge in [-0.2, -0.15) is 0 Å². The van der Waals surface area contributed by atoms with E-state index in [2.05, 4.69) is 21.6 Å². The van der Waals surface area contributed by atoms with Gasteiger partial charge in [0, 0.05) is 33.2 Å². The van der Waals surface area contributed by atoms with Gasteiger partial charge in [0.25, 0.3) is 0 Å². The number of nitrogens with zero attached hydrogens (tertiary/aromatic N) is 2. The Balaban J connectivity index is 0.000000403. The van der Waals surface area contributed by atoms with E-state index in [0.29, 0.717) is 6.54 Å². The fraction of sp³-hybridized carbons (Fsp3) is 0.435. The fourth-order valence-electron chi connectivity index (χ4n) is 3.74. The Labute approximate surface area is 177 Å². The number of piperidine rings is 1. The third-order valence-corrected chi connectivity index (χ3v) is 5.84. The number of ketones is 1. The molecule has 1 aromatic heterocycles. The van der Waals surface area contributed by atoms with Gasteiger partial charge in [0.05, 0.1) is 6.54 Å². The Morgan fingerprint density at radius 3 is 2.54 bits per heavy atom. The molecule has 2 aliphatic rings. The van der Waals surface area contributed by atoms with Gasteiger partial charge in [0.15, 0.2) is 5.78 Å². The van der Waals surface area contributed by atoms with Gasteiger partial charge < -0.3 is 4.57 Å². The molecule has 0 N–H and O–H groups in total. The average Bonchev–Trinajstić information content (AvgIpc) is 3.14. The van der Waals surface area contributed by atoms with E-state index in [9.17, 15) is 4.79 Å². The number of allylic oxidation sites excluding steroid dienone is 2. The summed E-state index contributed by atoms with van der Waals surface area (Å²) in [6, 6.07) is 8.09. The molecule has 0 bridgehead atoms. The van der Waals surface area contributed by atoms with Crippen molar-refractivity contribution in [2.24, 2.45) is 0 Å². The van der Waals surface area contributed by atoms with Crippen LogP contribution in [-0.2, 0) is 12.8 Å². The van der Waals surface area contributed by atoms with Crippen molar-refractivity contribution in [3.63, 3.8) is 0 Å². The van der Waals surface area contributed by atoms with Gasteiger partial charge in [-0.1, -0.05) is 35.7 Å². The minimum Gasteiger partial charge on any atom is -0.320 e. The number of hydrogen-bond acceptors (Lipinski definition) is 2. The van der Waals surface area contributed by atoms with Crippen molar-refractivity contribution in [1.82, 2.24) is 9.47 Å². The number of Topliss-reactive ketones (excluding diaryl/α,β-unsaturated/α-hetero) is 1. The molecular weight excluding hydrogens is 391 g/mol. The summed E-state index contributed by atoms with van der Waals surface area (Å²) in [5, 5.41) is 1.63. The van der Waals surface area contributed by atoms with Gasteiger partial charge >= 0.3 is 0 Å². The number of carbonyl (C=O) groups excluding carboxylic acids is 1. The molecule has 0 saturated carbocycles. The minimum absolute atomic E-state index is 0.240. The van der Waals surface area contributed by atoms with Crippen molar-refractivity contribution in [2.75, 3.05) is 19.6 Å². The molecular formula is C23H28Cl2N2O. The molecule has 0 spiro atoms. The Bertz CT molecular complexity index is 859. The van der Waals surface area contributed by atoms with Gasteiger partial charge in [-0.3, -0.25) is 9.69 Å². The summed E-state index contributed by atoms with van der Waals surface area (Å²) < 4.78 is 2.17. The van der Waals surface area contributed by atoms with Crippen molar-refractivity contribution >= 4 is 29.0 Å². The normalized spacial score (nSPS) is 16.6. The maximum atomic E-state index is 12.6. The van der Waals surface area contributed by atoms with Crippen LogP contribution in [0, 0.1) is 0 Å². The smallest absolute Gasteiger partial charge is 0.178 e. The highest BCUT2D eigenvalue weighted by atomic mass is 35.5. The molecule has 1 aromatic carbocycles. The van der Waals surface area contributed by atoms with Crippen LogP contribution in [0.5, 0.6) is 0 Å². The molecule has 0 aliphatic carbocycles. The summed E-state index contributed by atoms with van der Waals surface area (Å²) in [7, 11) is 0. The lowest BCUT2D eigenvalue weighted by atomic mass is 10.0. The van der Waals surface area contributed by atoms with Crippen LogP contribution in [0.15, 0.2) is 41.6 Å². The first kappa shape index (κ1) is 21.2. The van der Waals surface area contributed by atoms with Crippen LogP contribution in [0.25, 0.3) is 5.69 Å². The van der Waals surface area contributed by atoms with E-state index < -0.39 is 0 Å². The summed E-state index contributed by atoms with van der Waals surface area (Å²) in [4.78, 5) is 14.9. The molecule has 0 unspecified atom stereocenters. The third-order valence-electron chi connectivity index (χ3n) is 5.39. The molecule has 1 fully saturated rings. The Kier molecular flexibility index (Phi) is 7.39. The van der Waals surface area contributed by atoms with Crippen LogP contribution in [0.3, 0.4) is 0 Å². The first-order valence-electron chi connectivity index (χ1n) is 10.0. The quantitative estimate of drug-likeness (QED) is 0.566. The van der Waals surface area contributed by atoms with Crippen molar-refractivity contribution in [2.45, 2.75) is 46.0 Å². The summed E-state index contributed by atoms with van der Waals surface area (Å²) in [5.74, 6) is 0.240. The van der Waals surface area contributed by atoms with E-state index in [1.807, 2.05) is 38.3 Å². The molecule has 28 heavy (non-hydrogen) atoms. The predicted molar refractivity (Wildman–Crippen MR) is 118 cm³/mol. The first-order chi connectivity index (χ1) is 13.5. The zero-order valence-electron chi connectivity index (χ0n) is 16.7. The molecule has 2 aliphatic heterocycles. The highest BCUT2D eigenvalue weighted by Crippen LogP contribution is 2.29. The van der Waals surface area contributed by atoms with Crippen LogP contribution >= 0.6 is 23.2 Å². The second kappa shape index (κ2) is 9.78. The first-order valence-corrected chi connectivity index (χ1v) is 10.8. The number of rotatable bonds is 3. The Morgan fingerprint density at radius 1 is 1.14 bits per heavy atom. The average molecular weight is 419 g/mol. The summed E-state index contributed by atoms with van der Waals surface area (Å²) in [5.41, 5.74) is 4.48. The second-order valence-corrected chi connectivity index (χ2v) is 8.53. The lowest BCUT2D eigenvalue weighted by Gasteiger charge is -2.25. The standard InChI is InChI=1S/C19H21ClN2O.C4H7Cl/c20-16-5-7-18-14(10-16)4-6-17-11-15(12-22(17)18)19(23)13-21-8-2-1-3-9-21;1-3-4(2)5/h5,7,10-12H,1-4,6,8-9,13H2;3H,1-2H3/b;4-3+. The van der Waals surface area contributed by atoms with E-state index >= 15 is 0 Å². The number of aromatic nitrogens is 1. The second-order valence-electron chi connectivity index (χ2n) is 7.50. The summed E-state index contributed by atoms with van der Waals surface area (Å²) in [6.07, 6.45) is 9.53. The zero-order valence-corrected chi connectivity index (χ0v) is 18.2. The van der Waals surface area contributed by atoms with E-state index in [1.54, 1.807) is 0 Å². The van der Waals surface area contributed by atoms with Gasteiger partial charge in [-0.05, 0) is 82.4 Å². The number of halogens is 2. The fourth-order valence-corrected chi connectivity index (χ4v) is 3.94. The van der Waals surface area contributed by atoms with Crippen molar-refractivity contribution < 1.29 is 4.79 Å². The van der Waals surface area contributed by atoms with Crippen LogP contribution in [0.1, 0.15) is 54.7 Å². The number of likely N-dealkylation sites (tertiary alicyclic amines) is 1. The Hall–Kier alpha value is -1.55. The number of benzene rings is 1. The lowest BCUT2D eigenvalue weighted by molar-refractivity contribution is 0.0916. The lowest BCUT2D eigenvalue weighted by Crippen LogP contribution is -2.34. The molecule has 1 saturated heterocycles.